The number of rotatable bonds is 2. The van der Waals surface area contributed by atoms with Gasteiger partial charge in [0.15, 0.2) is 0 Å². The SMILES string of the molecule is Nc1cnc(Cn2cnc3c2CCCC3)cn1. The van der Waals surface area contributed by atoms with E-state index in [-0.39, 0.29) is 0 Å². The number of fused-ring (bicyclic) bond motifs is 1. The maximum absolute atomic E-state index is 5.52. The number of anilines is 1. The van der Waals surface area contributed by atoms with Gasteiger partial charge in [-0.3, -0.25) is 4.98 Å². The lowest BCUT2D eigenvalue weighted by atomic mass is 10.0. The number of hydrogen-bond acceptors (Lipinski definition) is 4. The molecule has 0 amide bonds. The average molecular weight is 229 g/mol. The van der Waals surface area contributed by atoms with E-state index >= 15 is 0 Å². The molecule has 0 saturated heterocycles. The summed E-state index contributed by atoms with van der Waals surface area (Å²) in [7, 11) is 0. The fraction of sp³-hybridized carbons (Fsp3) is 0.417. The molecule has 1 aliphatic carbocycles. The highest BCUT2D eigenvalue weighted by molar-refractivity contribution is 5.23. The molecule has 0 saturated carbocycles. The van der Waals surface area contributed by atoms with Crippen LogP contribution in [-0.2, 0) is 19.4 Å². The molecule has 2 N–H and O–H groups in total. The summed E-state index contributed by atoms with van der Waals surface area (Å²) in [6.07, 6.45) is 9.97. The minimum atomic E-state index is 0.460. The number of hydrogen-bond donors (Lipinski definition) is 1. The van der Waals surface area contributed by atoms with Gasteiger partial charge >= 0.3 is 0 Å². The molecular weight excluding hydrogens is 214 g/mol. The normalized spacial score (nSPS) is 14.6. The van der Waals surface area contributed by atoms with E-state index in [1.807, 2.05) is 6.33 Å². The highest BCUT2D eigenvalue weighted by Crippen LogP contribution is 2.20. The van der Waals surface area contributed by atoms with Crippen LogP contribution in [0.5, 0.6) is 0 Å². The summed E-state index contributed by atoms with van der Waals surface area (Å²) >= 11 is 0. The van der Waals surface area contributed by atoms with Gasteiger partial charge in [0.2, 0.25) is 0 Å². The van der Waals surface area contributed by atoms with Gasteiger partial charge in [-0.25, -0.2) is 9.97 Å². The molecule has 0 atom stereocenters. The quantitative estimate of drug-likeness (QED) is 0.839. The van der Waals surface area contributed by atoms with E-state index in [4.69, 9.17) is 5.73 Å². The molecule has 0 spiro atoms. The zero-order valence-corrected chi connectivity index (χ0v) is 9.63. The first-order valence-corrected chi connectivity index (χ1v) is 5.92. The van der Waals surface area contributed by atoms with Crippen molar-refractivity contribution < 1.29 is 0 Å². The molecule has 2 heterocycles. The smallest absolute Gasteiger partial charge is 0.141 e. The summed E-state index contributed by atoms with van der Waals surface area (Å²) in [6, 6.07) is 0. The molecule has 0 unspecified atom stereocenters. The zero-order chi connectivity index (χ0) is 11.7. The summed E-state index contributed by atoms with van der Waals surface area (Å²) in [5, 5.41) is 0. The number of nitrogens with zero attached hydrogens (tertiary/aromatic N) is 4. The summed E-state index contributed by atoms with van der Waals surface area (Å²) in [5.41, 5.74) is 9.05. The molecule has 2 aromatic rings. The van der Waals surface area contributed by atoms with Gasteiger partial charge in [-0.15, -0.1) is 0 Å². The molecule has 0 bridgehead atoms. The van der Waals surface area contributed by atoms with Crippen molar-refractivity contribution in [2.75, 3.05) is 5.73 Å². The Hall–Kier alpha value is -1.91. The molecule has 17 heavy (non-hydrogen) atoms. The number of nitrogens with two attached hydrogens (primary N) is 1. The standard InChI is InChI=1S/C12H15N5/c13-12-6-14-9(5-15-12)7-17-8-16-10-3-1-2-4-11(10)17/h5-6,8H,1-4,7H2,(H2,13,15). The van der Waals surface area contributed by atoms with Crippen molar-refractivity contribution in [2.24, 2.45) is 0 Å². The lowest BCUT2D eigenvalue weighted by Gasteiger charge is -2.13. The molecule has 0 aliphatic heterocycles. The van der Waals surface area contributed by atoms with E-state index in [0.29, 0.717) is 5.82 Å². The Morgan fingerprint density at radius 1 is 1.12 bits per heavy atom. The lowest BCUT2D eigenvalue weighted by Crippen LogP contribution is -2.10. The van der Waals surface area contributed by atoms with Gasteiger partial charge < -0.3 is 10.3 Å². The van der Waals surface area contributed by atoms with E-state index in [0.717, 1.165) is 25.1 Å². The van der Waals surface area contributed by atoms with Crippen LogP contribution in [-0.4, -0.2) is 19.5 Å². The summed E-state index contributed by atoms with van der Waals surface area (Å²) < 4.78 is 2.18. The highest BCUT2D eigenvalue weighted by Gasteiger charge is 2.15. The van der Waals surface area contributed by atoms with E-state index in [1.165, 1.54) is 24.2 Å². The lowest BCUT2D eigenvalue weighted by molar-refractivity contribution is 0.624. The summed E-state index contributed by atoms with van der Waals surface area (Å²) in [5.74, 6) is 0.460. The number of aromatic nitrogens is 4. The topological polar surface area (TPSA) is 69.6 Å². The van der Waals surface area contributed by atoms with Crippen molar-refractivity contribution in [1.82, 2.24) is 19.5 Å². The zero-order valence-electron chi connectivity index (χ0n) is 9.63. The van der Waals surface area contributed by atoms with Gasteiger partial charge in [0.05, 0.1) is 36.7 Å². The van der Waals surface area contributed by atoms with E-state index < -0.39 is 0 Å². The van der Waals surface area contributed by atoms with E-state index in [2.05, 4.69) is 19.5 Å². The molecule has 1 aliphatic rings. The molecule has 0 aromatic carbocycles. The van der Waals surface area contributed by atoms with Gasteiger partial charge in [0.25, 0.3) is 0 Å². The maximum atomic E-state index is 5.52. The molecule has 5 nitrogen and oxygen atoms in total. The van der Waals surface area contributed by atoms with Crippen molar-refractivity contribution in [2.45, 2.75) is 32.2 Å². The third-order valence-corrected chi connectivity index (χ3v) is 3.17. The van der Waals surface area contributed by atoms with Crippen LogP contribution in [0.1, 0.15) is 29.9 Å². The Balaban J connectivity index is 1.85. The largest absolute Gasteiger partial charge is 0.382 e. The van der Waals surface area contributed by atoms with Gasteiger partial charge in [-0.05, 0) is 25.7 Å². The first-order chi connectivity index (χ1) is 8.33. The van der Waals surface area contributed by atoms with Crippen LogP contribution in [0.2, 0.25) is 0 Å². The van der Waals surface area contributed by atoms with Crippen LogP contribution < -0.4 is 5.73 Å². The number of aryl methyl sites for hydroxylation is 1. The van der Waals surface area contributed by atoms with Crippen LogP contribution in [0, 0.1) is 0 Å². The Bertz CT molecular complexity index is 514. The monoisotopic (exact) mass is 229 g/mol. The predicted octanol–water partition coefficient (Wildman–Crippen LogP) is 1.18. The second-order valence-corrected chi connectivity index (χ2v) is 4.41. The van der Waals surface area contributed by atoms with Gasteiger partial charge in [0, 0.05) is 5.69 Å². The van der Waals surface area contributed by atoms with Gasteiger partial charge in [-0.1, -0.05) is 0 Å². The second-order valence-electron chi connectivity index (χ2n) is 4.41. The number of imidazole rings is 1. The summed E-state index contributed by atoms with van der Waals surface area (Å²) in [4.78, 5) is 12.8. The molecule has 0 fully saturated rings. The molecule has 2 aromatic heterocycles. The molecule has 5 heteroatoms. The Morgan fingerprint density at radius 3 is 2.82 bits per heavy atom. The number of nitrogen functional groups attached to an aromatic ring is 1. The van der Waals surface area contributed by atoms with Crippen molar-refractivity contribution in [1.29, 1.82) is 0 Å². The van der Waals surface area contributed by atoms with Crippen LogP contribution in [0.3, 0.4) is 0 Å². The van der Waals surface area contributed by atoms with Crippen molar-refractivity contribution in [3.05, 3.63) is 35.8 Å². The summed E-state index contributed by atoms with van der Waals surface area (Å²) in [6.45, 7) is 0.732. The van der Waals surface area contributed by atoms with Gasteiger partial charge in [0.1, 0.15) is 5.82 Å². The van der Waals surface area contributed by atoms with Gasteiger partial charge in [-0.2, -0.15) is 0 Å². The van der Waals surface area contributed by atoms with Crippen molar-refractivity contribution in [3.8, 4) is 0 Å². The minimum absolute atomic E-state index is 0.460. The molecule has 3 rings (SSSR count). The predicted molar refractivity (Wildman–Crippen MR) is 64.4 cm³/mol. The van der Waals surface area contributed by atoms with Crippen LogP contribution in [0.4, 0.5) is 5.82 Å². The molecule has 0 radical (unpaired) electrons. The Labute approximate surface area is 99.7 Å². The third kappa shape index (κ3) is 2.00. The first-order valence-electron chi connectivity index (χ1n) is 5.92. The minimum Gasteiger partial charge on any atom is -0.382 e. The van der Waals surface area contributed by atoms with Crippen LogP contribution in [0.25, 0.3) is 0 Å². The highest BCUT2D eigenvalue weighted by atomic mass is 15.1. The Morgan fingerprint density at radius 2 is 2.00 bits per heavy atom. The first kappa shape index (κ1) is 10.3. The molecule has 88 valence electrons. The molecular formula is C12H15N5. The van der Waals surface area contributed by atoms with Crippen LogP contribution >= 0.6 is 0 Å². The van der Waals surface area contributed by atoms with E-state index in [1.54, 1.807) is 12.4 Å². The fourth-order valence-electron chi connectivity index (χ4n) is 2.29. The van der Waals surface area contributed by atoms with Crippen LogP contribution in [0.15, 0.2) is 18.7 Å². The Kier molecular flexibility index (Phi) is 2.51. The van der Waals surface area contributed by atoms with Crippen molar-refractivity contribution in [3.63, 3.8) is 0 Å². The second kappa shape index (κ2) is 4.16. The fourth-order valence-corrected chi connectivity index (χ4v) is 2.29. The van der Waals surface area contributed by atoms with E-state index in [9.17, 15) is 0 Å². The maximum Gasteiger partial charge on any atom is 0.141 e. The van der Waals surface area contributed by atoms with Crippen molar-refractivity contribution >= 4 is 5.82 Å². The average Bonchev–Trinajstić information content (AvgIpc) is 2.76. The third-order valence-electron chi connectivity index (χ3n) is 3.17.